The highest BCUT2D eigenvalue weighted by molar-refractivity contribution is 6.33. The van der Waals surface area contributed by atoms with Gasteiger partial charge in [-0.3, -0.25) is 14.5 Å². The van der Waals surface area contributed by atoms with Crippen LogP contribution >= 0.6 is 11.6 Å². The van der Waals surface area contributed by atoms with Crippen LogP contribution in [0.15, 0.2) is 36.4 Å². The Morgan fingerprint density at radius 1 is 1.16 bits per heavy atom. The summed E-state index contributed by atoms with van der Waals surface area (Å²) in [6.07, 6.45) is 1.89. The van der Waals surface area contributed by atoms with E-state index in [0.29, 0.717) is 47.7 Å². The summed E-state index contributed by atoms with van der Waals surface area (Å²) in [5.74, 6) is 0.813. The van der Waals surface area contributed by atoms with E-state index >= 15 is 0 Å². The molecule has 8 nitrogen and oxygen atoms in total. The first-order chi connectivity index (χ1) is 17.8. The molecule has 2 aromatic carbocycles. The molecule has 2 saturated heterocycles. The van der Waals surface area contributed by atoms with E-state index in [1.165, 1.54) is 0 Å². The van der Waals surface area contributed by atoms with Crippen LogP contribution in [0.4, 0.5) is 5.69 Å². The molecular formula is C28H37ClN4O4. The molecule has 2 aliphatic heterocycles. The predicted molar refractivity (Wildman–Crippen MR) is 145 cm³/mol. The Balaban J connectivity index is 1.24. The molecule has 0 unspecified atom stereocenters. The van der Waals surface area contributed by atoms with Gasteiger partial charge in [-0.05, 0) is 50.8 Å². The third-order valence-electron chi connectivity index (χ3n) is 7.07. The predicted octanol–water partition coefficient (Wildman–Crippen LogP) is 3.61. The van der Waals surface area contributed by atoms with E-state index in [4.69, 9.17) is 26.8 Å². The highest BCUT2D eigenvalue weighted by Crippen LogP contribution is 2.29. The Morgan fingerprint density at radius 3 is 2.59 bits per heavy atom. The number of nitrogens with two attached hydrogens (primary N) is 1. The first-order valence-corrected chi connectivity index (χ1v) is 13.4. The third-order valence-corrected chi connectivity index (χ3v) is 7.40. The zero-order chi connectivity index (χ0) is 26.4. The van der Waals surface area contributed by atoms with Crippen molar-refractivity contribution in [3.8, 4) is 5.75 Å². The lowest BCUT2D eigenvalue weighted by Crippen LogP contribution is -2.50. The van der Waals surface area contributed by atoms with Gasteiger partial charge in [-0.25, -0.2) is 0 Å². The van der Waals surface area contributed by atoms with Crippen LogP contribution in [0, 0.1) is 12.8 Å². The van der Waals surface area contributed by atoms with Crippen molar-refractivity contribution in [3.05, 3.63) is 58.1 Å². The smallest absolute Gasteiger partial charge is 0.255 e. The van der Waals surface area contributed by atoms with Gasteiger partial charge in [-0.15, -0.1) is 0 Å². The number of nitrogens with one attached hydrogen (secondary N) is 1. The average Bonchev–Trinajstić information content (AvgIpc) is 2.90. The Labute approximate surface area is 224 Å². The monoisotopic (exact) mass is 528 g/mol. The number of likely N-dealkylation sites (tertiary alicyclic amines) is 1. The number of hydrogen-bond acceptors (Lipinski definition) is 6. The lowest BCUT2D eigenvalue weighted by Gasteiger charge is -2.38. The number of carbonyl (C=O) groups is 2. The molecule has 200 valence electrons. The molecule has 0 radical (unpaired) electrons. The van der Waals surface area contributed by atoms with E-state index in [0.717, 1.165) is 56.7 Å². The number of amides is 2. The van der Waals surface area contributed by atoms with E-state index in [2.05, 4.69) is 10.2 Å². The summed E-state index contributed by atoms with van der Waals surface area (Å²) >= 11 is 6.14. The minimum absolute atomic E-state index is 0.0966. The zero-order valence-corrected chi connectivity index (χ0v) is 22.4. The molecule has 2 heterocycles. The minimum atomic E-state index is -0.267. The topological polar surface area (TPSA) is 97.1 Å². The summed E-state index contributed by atoms with van der Waals surface area (Å²) in [6, 6.07) is 10.9. The zero-order valence-electron chi connectivity index (χ0n) is 21.7. The molecule has 2 aliphatic rings. The van der Waals surface area contributed by atoms with Crippen molar-refractivity contribution in [1.29, 1.82) is 0 Å². The second-order valence-electron chi connectivity index (χ2n) is 9.87. The number of halogens is 1. The van der Waals surface area contributed by atoms with Crippen LogP contribution in [0.2, 0.25) is 5.02 Å². The molecule has 0 saturated carbocycles. The van der Waals surface area contributed by atoms with Crippen molar-refractivity contribution in [2.75, 3.05) is 58.2 Å². The van der Waals surface area contributed by atoms with Gasteiger partial charge in [-0.2, -0.15) is 0 Å². The van der Waals surface area contributed by atoms with Crippen molar-refractivity contribution < 1.29 is 19.1 Å². The molecule has 37 heavy (non-hydrogen) atoms. The molecule has 9 heteroatoms. The maximum Gasteiger partial charge on any atom is 0.255 e. The maximum atomic E-state index is 12.9. The van der Waals surface area contributed by atoms with Crippen molar-refractivity contribution in [2.45, 2.75) is 32.8 Å². The van der Waals surface area contributed by atoms with Crippen molar-refractivity contribution in [3.63, 3.8) is 0 Å². The SMILES string of the molecule is CCOc1cc(N)c(Cl)cc1C(=O)NC[C@H]1CN(CC2CCN(C(=O)c3ccc(C)cc3)CC2)CCO1. The van der Waals surface area contributed by atoms with Crippen LogP contribution in [0.5, 0.6) is 5.75 Å². The molecule has 1 atom stereocenters. The standard InChI is InChI=1S/C28H37ClN4O4/c1-3-36-26-15-25(30)24(29)14-23(26)27(34)31-16-22-18-32(12-13-37-22)17-20-8-10-33(11-9-20)28(35)21-6-4-19(2)5-7-21/h4-7,14-15,20,22H,3,8-13,16-18,30H2,1-2H3,(H,31,34)/t22-/m0/s1. The molecule has 2 amide bonds. The van der Waals surface area contributed by atoms with E-state index < -0.39 is 0 Å². The van der Waals surface area contributed by atoms with Gasteiger partial charge in [0.2, 0.25) is 0 Å². The highest BCUT2D eigenvalue weighted by Gasteiger charge is 2.28. The van der Waals surface area contributed by atoms with Gasteiger partial charge in [0.1, 0.15) is 5.75 Å². The summed E-state index contributed by atoms with van der Waals surface area (Å²) in [5.41, 5.74) is 8.52. The first-order valence-electron chi connectivity index (χ1n) is 13.0. The molecule has 4 rings (SSSR count). The number of nitrogens with zero attached hydrogens (tertiary/aromatic N) is 2. The molecular weight excluding hydrogens is 492 g/mol. The van der Waals surface area contributed by atoms with Crippen LogP contribution in [0.3, 0.4) is 0 Å². The fraction of sp³-hybridized carbons (Fsp3) is 0.500. The van der Waals surface area contributed by atoms with E-state index in [9.17, 15) is 9.59 Å². The quantitative estimate of drug-likeness (QED) is 0.508. The molecule has 0 aromatic heterocycles. The van der Waals surface area contributed by atoms with E-state index in [1.807, 2.05) is 43.0 Å². The Kier molecular flexibility index (Phi) is 9.29. The lowest BCUT2D eigenvalue weighted by atomic mass is 9.95. The van der Waals surface area contributed by atoms with Gasteiger partial charge in [0.05, 0.1) is 35.6 Å². The van der Waals surface area contributed by atoms with Gasteiger partial charge >= 0.3 is 0 Å². The van der Waals surface area contributed by atoms with Gasteiger partial charge in [0.25, 0.3) is 11.8 Å². The second-order valence-corrected chi connectivity index (χ2v) is 10.3. The number of morpholine rings is 1. The number of ether oxygens (including phenoxy) is 2. The van der Waals surface area contributed by atoms with E-state index in [1.54, 1.807) is 12.1 Å². The number of rotatable bonds is 8. The molecule has 2 fully saturated rings. The number of piperidine rings is 1. The lowest BCUT2D eigenvalue weighted by molar-refractivity contribution is -0.0332. The largest absolute Gasteiger partial charge is 0.493 e. The minimum Gasteiger partial charge on any atom is -0.493 e. The third kappa shape index (κ3) is 7.15. The Hall–Kier alpha value is -2.81. The normalized spacial score (nSPS) is 19.0. The first kappa shape index (κ1) is 27.2. The average molecular weight is 529 g/mol. The number of benzene rings is 2. The summed E-state index contributed by atoms with van der Waals surface area (Å²) < 4.78 is 11.5. The van der Waals surface area contributed by atoms with Crippen LogP contribution in [0.25, 0.3) is 0 Å². The van der Waals surface area contributed by atoms with Crippen LogP contribution < -0.4 is 15.8 Å². The number of carbonyl (C=O) groups excluding carboxylic acids is 2. The summed E-state index contributed by atoms with van der Waals surface area (Å²) in [4.78, 5) is 30.1. The highest BCUT2D eigenvalue weighted by atomic mass is 35.5. The van der Waals surface area contributed by atoms with Crippen LogP contribution in [-0.2, 0) is 4.74 Å². The maximum absolute atomic E-state index is 12.9. The molecule has 0 aliphatic carbocycles. The van der Waals surface area contributed by atoms with Crippen LogP contribution in [-0.4, -0.2) is 80.2 Å². The summed E-state index contributed by atoms with van der Waals surface area (Å²) in [6.45, 7) is 9.49. The van der Waals surface area contributed by atoms with Crippen LogP contribution in [0.1, 0.15) is 46.0 Å². The summed E-state index contributed by atoms with van der Waals surface area (Å²) in [7, 11) is 0. The molecule has 0 spiro atoms. The van der Waals surface area contributed by atoms with Crippen molar-refractivity contribution >= 4 is 29.1 Å². The van der Waals surface area contributed by atoms with Gasteiger partial charge in [-0.1, -0.05) is 29.3 Å². The fourth-order valence-corrected chi connectivity index (χ4v) is 5.12. The Bertz CT molecular complexity index is 1090. The van der Waals surface area contributed by atoms with Gasteiger partial charge < -0.3 is 25.4 Å². The van der Waals surface area contributed by atoms with Crippen molar-refractivity contribution in [2.24, 2.45) is 5.92 Å². The fourth-order valence-electron chi connectivity index (χ4n) is 4.96. The molecule has 0 bridgehead atoms. The number of anilines is 1. The van der Waals surface area contributed by atoms with Gasteiger partial charge in [0, 0.05) is 50.9 Å². The molecule has 2 aromatic rings. The number of hydrogen-bond donors (Lipinski definition) is 2. The number of nitrogen functional groups attached to an aromatic ring is 1. The molecule has 3 N–H and O–H groups in total. The Morgan fingerprint density at radius 2 is 1.89 bits per heavy atom. The van der Waals surface area contributed by atoms with E-state index in [-0.39, 0.29) is 17.9 Å². The summed E-state index contributed by atoms with van der Waals surface area (Å²) in [5, 5.41) is 3.28. The van der Waals surface area contributed by atoms with Gasteiger partial charge in [0.15, 0.2) is 0 Å². The van der Waals surface area contributed by atoms with Crippen molar-refractivity contribution in [1.82, 2.24) is 15.1 Å². The number of aryl methyl sites for hydroxylation is 1. The second kappa shape index (κ2) is 12.6.